The first-order valence-corrected chi connectivity index (χ1v) is 17.9. The predicted molar refractivity (Wildman–Crippen MR) is 194 cm³/mol. The summed E-state index contributed by atoms with van der Waals surface area (Å²) in [6.45, 7) is 4.24. The van der Waals surface area contributed by atoms with Crippen LogP contribution in [0.3, 0.4) is 0 Å². The average molecular weight is 815 g/mol. The van der Waals surface area contributed by atoms with E-state index in [4.69, 9.17) is 4.74 Å². The van der Waals surface area contributed by atoms with Gasteiger partial charge in [0.05, 0.1) is 62.0 Å². The fraction of sp³-hybridized carbons (Fsp3) is 0.410. The van der Waals surface area contributed by atoms with E-state index in [2.05, 4.69) is 24.8 Å². The number of carboxylic acids is 1. The third-order valence-corrected chi connectivity index (χ3v) is 10.1. The molecule has 0 aliphatic carbocycles. The number of esters is 2. The molecule has 2 fully saturated rings. The molecule has 58 heavy (non-hydrogen) atoms. The van der Waals surface area contributed by atoms with Crippen LogP contribution in [-0.4, -0.2) is 107 Å². The number of rotatable bonds is 12. The number of carboxylic acid groups (broad SMARTS) is 1. The van der Waals surface area contributed by atoms with Crippen molar-refractivity contribution in [1.29, 1.82) is 0 Å². The summed E-state index contributed by atoms with van der Waals surface area (Å²) >= 11 is 0. The number of aliphatic hydroxyl groups is 2. The molecule has 18 nitrogen and oxygen atoms in total. The van der Waals surface area contributed by atoms with Gasteiger partial charge in [0.2, 0.25) is 18.6 Å². The van der Waals surface area contributed by atoms with E-state index in [1.54, 1.807) is 55.5 Å². The number of carbonyl (C=O) groups is 7. The van der Waals surface area contributed by atoms with Crippen LogP contribution in [0.25, 0.3) is 11.1 Å². The molecule has 4 amide bonds. The number of nitrogens with zero attached hydrogens (tertiary/aromatic N) is 2. The summed E-state index contributed by atoms with van der Waals surface area (Å²) in [5.41, 5.74) is 4.06. The molecule has 4 aliphatic heterocycles. The maximum absolute atomic E-state index is 12.7. The Hall–Kier alpha value is -5.27. The van der Waals surface area contributed by atoms with E-state index in [-0.39, 0.29) is 72.0 Å². The zero-order valence-electron chi connectivity index (χ0n) is 32.8. The molecule has 6 atom stereocenters. The Morgan fingerprint density at radius 1 is 0.724 bits per heavy atom. The van der Waals surface area contributed by atoms with Gasteiger partial charge in [-0.3, -0.25) is 14.4 Å². The quantitative estimate of drug-likeness (QED) is 0.0571. The van der Waals surface area contributed by atoms with Crippen LogP contribution in [0.1, 0.15) is 55.9 Å². The van der Waals surface area contributed by atoms with Crippen LogP contribution in [0.4, 0.5) is 9.59 Å². The molecule has 0 bridgehead atoms. The van der Waals surface area contributed by atoms with E-state index in [0.29, 0.717) is 35.1 Å². The molecular formula is C39H43N4NaO14. The van der Waals surface area contributed by atoms with Crippen LogP contribution in [0.5, 0.6) is 0 Å². The van der Waals surface area contributed by atoms with E-state index in [9.17, 15) is 48.9 Å². The van der Waals surface area contributed by atoms with Gasteiger partial charge >= 0.3 is 53.7 Å². The number of aliphatic hydroxyl groups excluding tert-OH is 2. The molecule has 0 spiro atoms. The summed E-state index contributed by atoms with van der Waals surface area (Å²) in [7, 11) is 2.55. The van der Waals surface area contributed by atoms with Crippen LogP contribution in [-0.2, 0) is 56.0 Å². The SMILES string of the molecule is COC(=O)NCc1ccc(C2=C(C(=O)OCOC(C)=O)N3C(=O)[C@H]([C@@H](C)O)[C@H]3C2)cc1.COC(=O)NCc1ccc(C2=C(C(=O)[O-])N3C(=O)[C@H]([C@@H](C)O)[C@H]3C2)cc1.[Na+]. The van der Waals surface area contributed by atoms with Crippen molar-refractivity contribution in [3.8, 4) is 0 Å². The first kappa shape index (κ1) is 45.4. The van der Waals surface area contributed by atoms with Crippen LogP contribution in [0.15, 0.2) is 59.9 Å². The van der Waals surface area contributed by atoms with Gasteiger partial charge in [0, 0.05) is 20.0 Å². The monoisotopic (exact) mass is 814 g/mol. The van der Waals surface area contributed by atoms with Crippen LogP contribution >= 0.6 is 0 Å². The van der Waals surface area contributed by atoms with E-state index in [1.165, 1.54) is 37.9 Å². The number of hydrogen-bond donors (Lipinski definition) is 4. The van der Waals surface area contributed by atoms with Gasteiger partial charge in [-0.05, 0) is 60.1 Å². The van der Waals surface area contributed by atoms with E-state index < -0.39 is 66.8 Å². The second kappa shape index (κ2) is 19.5. The minimum atomic E-state index is -1.41. The fourth-order valence-electron chi connectivity index (χ4n) is 7.41. The summed E-state index contributed by atoms with van der Waals surface area (Å²) in [6, 6.07) is 13.4. The Labute approximate surface area is 355 Å². The van der Waals surface area contributed by atoms with Crippen LogP contribution in [0.2, 0.25) is 0 Å². The molecule has 0 aromatic heterocycles. The minimum absolute atomic E-state index is 0. The van der Waals surface area contributed by atoms with Crippen LogP contribution in [0, 0.1) is 11.8 Å². The molecule has 6 rings (SSSR count). The Morgan fingerprint density at radius 3 is 1.48 bits per heavy atom. The first-order chi connectivity index (χ1) is 27.1. The summed E-state index contributed by atoms with van der Waals surface area (Å²) in [5, 5.41) is 36.4. The molecule has 0 radical (unpaired) electrons. The standard InChI is InChI=1S/C21H24N2O8.C18H20N2O6.Na/c1-11(24)17-16-8-15(14-6-4-13(5-7-14)9-22-21(28)29-3)18(23(16)19(17)26)20(27)31-10-30-12(2)25;1-9(21)14-13-7-12(15(17(23)24)20(13)16(14)22)11-5-3-10(4-6-11)8-19-18(25)26-2;/h4-7,11,16-17,24H,8-10H2,1-3H3,(H,22,28);3-6,9,13-14,21H,7-8H2,1-2H3,(H,19,25)(H,23,24);/q;;+1/p-1/t11-,16-,17-;9-,13-,14-;/m11./s1. The molecule has 2 aromatic rings. The minimum Gasteiger partial charge on any atom is -0.543 e. The molecule has 0 unspecified atom stereocenters. The molecule has 2 aromatic carbocycles. The number of methoxy groups -OCH3 is 2. The molecule has 0 saturated carbocycles. The summed E-state index contributed by atoms with van der Waals surface area (Å²) in [5.74, 6) is -4.73. The molecule has 304 valence electrons. The van der Waals surface area contributed by atoms with Gasteiger partial charge in [-0.25, -0.2) is 14.4 Å². The number of aliphatic carboxylic acids is 1. The molecule has 19 heteroatoms. The van der Waals surface area contributed by atoms with Crippen LogP contribution < -0.4 is 45.3 Å². The summed E-state index contributed by atoms with van der Waals surface area (Å²) < 4.78 is 18.7. The van der Waals surface area contributed by atoms with Gasteiger partial charge in [-0.15, -0.1) is 0 Å². The fourth-order valence-corrected chi connectivity index (χ4v) is 7.41. The van der Waals surface area contributed by atoms with Crippen molar-refractivity contribution >= 4 is 53.1 Å². The smallest absolute Gasteiger partial charge is 0.543 e. The van der Waals surface area contributed by atoms with Crippen molar-refractivity contribution in [2.24, 2.45) is 11.8 Å². The Kier molecular flexibility index (Phi) is 15.2. The molecule has 2 saturated heterocycles. The predicted octanol–water partition coefficient (Wildman–Crippen LogP) is -2.45. The van der Waals surface area contributed by atoms with E-state index in [1.807, 2.05) is 0 Å². The number of amides is 4. The number of fused-ring (bicyclic) bond motifs is 2. The largest absolute Gasteiger partial charge is 1.00 e. The van der Waals surface area contributed by atoms with Gasteiger partial charge in [0.25, 0.3) is 0 Å². The first-order valence-electron chi connectivity index (χ1n) is 17.9. The maximum atomic E-state index is 12.7. The maximum Gasteiger partial charge on any atom is 1.00 e. The summed E-state index contributed by atoms with van der Waals surface area (Å²) in [6.07, 6.45) is -2.05. The van der Waals surface area contributed by atoms with Gasteiger partial charge in [0.15, 0.2) is 0 Å². The zero-order valence-corrected chi connectivity index (χ0v) is 34.8. The second-order valence-electron chi connectivity index (χ2n) is 13.7. The molecule has 4 N–H and O–H groups in total. The van der Waals surface area contributed by atoms with Gasteiger partial charge in [-0.1, -0.05) is 48.5 Å². The molecular weight excluding hydrogens is 771 g/mol. The topological polar surface area (TPSA) is 250 Å². The molecule has 4 aliphatic rings. The van der Waals surface area contributed by atoms with E-state index >= 15 is 0 Å². The molecule has 4 heterocycles. The Balaban J connectivity index is 0.000000256. The van der Waals surface area contributed by atoms with Gasteiger partial charge < -0.3 is 59.5 Å². The Morgan fingerprint density at radius 2 is 1.12 bits per heavy atom. The van der Waals surface area contributed by atoms with Crippen molar-refractivity contribution < 1.29 is 97.4 Å². The number of hydrogen-bond acceptors (Lipinski definition) is 14. The van der Waals surface area contributed by atoms with Gasteiger partial charge in [-0.2, -0.15) is 0 Å². The summed E-state index contributed by atoms with van der Waals surface area (Å²) in [4.78, 5) is 84.9. The second-order valence-corrected chi connectivity index (χ2v) is 13.7. The third-order valence-electron chi connectivity index (χ3n) is 10.1. The number of nitrogens with one attached hydrogen (secondary N) is 2. The normalized spacial score (nSPS) is 21.1. The number of carbonyl (C=O) groups excluding carboxylic acids is 7. The van der Waals surface area contributed by atoms with Crippen molar-refractivity contribution in [1.82, 2.24) is 20.4 Å². The van der Waals surface area contributed by atoms with Crippen molar-refractivity contribution in [2.45, 2.75) is 71.0 Å². The van der Waals surface area contributed by atoms with Crippen molar-refractivity contribution in [2.75, 3.05) is 21.0 Å². The number of ether oxygens (including phenoxy) is 4. The van der Waals surface area contributed by atoms with Crippen molar-refractivity contribution in [3.63, 3.8) is 0 Å². The number of β-lactam (4-membered cyclic amide) rings is 2. The average Bonchev–Trinajstić information content (AvgIpc) is 3.70. The Bertz CT molecular complexity index is 2000. The number of benzene rings is 2. The van der Waals surface area contributed by atoms with Gasteiger partial charge in [0.1, 0.15) is 5.70 Å². The number of alkyl carbamates (subject to hydrolysis) is 2. The third kappa shape index (κ3) is 9.53. The zero-order chi connectivity index (χ0) is 41.7. The van der Waals surface area contributed by atoms with E-state index in [0.717, 1.165) is 11.1 Å². The van der Waals surface area contributed by atoms with Crippen molar-refractivity contribution in [3.05, 3.63) is 82.2 Å².